The van der Waals surface area contributed by atoms with Gasteiger partial charge in [0.05, 0.1) is 10.6 Å². The van der Waals surface area contributed by atoms with E-state index in [2.05, 4.69) is 10.4 Å². The molecule has 32 heavy (non-hydrogen) atoms. The average molecular weight is 442 g/mol. The lowest BCUT2D eigenvalue weighted by atomic mass is 10.2. The quantitative estimate of drug-likeness (QED) is 0.356. The Kier molecular flexibility index (Phi) is 5.63. The fourth-order valence-electron chi connectivity index (χ4n) is 3.52. The van der Waals surface area contributed by atoms with E-state index in [1.807, 2.05) is 0 Å². The summed E-state index contributed by atoms with van der Waals surface area (Å²) in [5.41, 5.74) is 1.41. The molecule has 0 fully saturated rings. The molecule has 0 bridgehead atoms. The first-order valence-corrected chi connectivity index (χ1v) is 9.61. The molecule has 1 aromatic heterocycles. The van der Waals surface area contributed by atoms with Gasteiger partial charge in [-0.1, -0.05) is 0 Å². The van der Waals surface area contributed by atoms with E-state index >= 15 is 0 Å². The van der Waals surface area contributed by atoms with Gasteiger partial charge in [-0.05, 0) is 55.7 Å². The van der Waals surface area contributed by atoms with Crippen molar-refractivity contribution in [3.8, 4) is 5.69 Å². The number of anilines is 1. The molecule has 4 rings (SSSR count). The molecule has 0 spiro atoms. The van der Waals surface area contributed by atoms with Crippen molar-refractivity contribution in [3.05, 3.63) is 81.2 Å². The van der Waals surface area contributed by atoms with Crippen LogP contribution >= 0.6 is 0 Å². The summed E-state index contributed by atoms with van der Waals surface area (Å²) in [6, 6.07) is 8.55. The van der Waals surface area contributed by atoms with Gasteiger partial charge < -0.3 is 10.1 Å². The molecule has 0 saturated heterocycles. The topological polar surface area (TPSA) is 116 Å². The van der Waals surface area contributed by atoms with Crippen molar-refractivity contribution in [3.63, 3.8) is 0 Å². The van der Waals surface area contributed by atoms with Gasteiger partial charge in [0, 0.05) is 23.0 Å². The van der Waals surface area contributed by atoms with Crippen LogP contribution in [0.2, 0.25) is 0 Å². The van der Waals surface area contributed by atoms with Crippen molar-refractivity contribution in [1.29, 1.82) is 0 Å². The van der Waals surface area contributed by atoms with Crippen LogP contribution in [0.15, 0.2) is 42.5 Å². The largest absolute Gasteiger partial charge is 0.451 e. The van der Waals surface area contributed by atoms with E-state index in [9.17, 15) is 28.5 Å². The minimum absolute atomic E-state index is 0.0133. The summed E-state index contributed by atoms with van der Waals surface area (Å²) in [6.07, 6.45) is 2.13. The third-order valence-electron chi connectivity index (χ3n) is 4.96. The molecule has 0 unspecified atom stereocenters. The van der Waals surface area contributed by atoms with Gasteiger partial charge in [-0.15, -0.1) is 0 Å². The normalized spacial score (nSPS) is 12.3. The minimum atomic E-state index is -1.04. The van der Waals surface area contributed by atoms with Crippen LogP contribution in [0.5, 0.6) is 0 Å². The fourth-order valence-corrected chi connectivity index (χ4v) is 3.52. The summed E-state index contributed by atoms with van der Waals surface area (Å²) in [4.78, 5) is 34.6. The van der Waals surface area contributed by atoms with E-state index in [0.717, 1.165) is 30.3 Å². The standard InChI is InChI=1S/C21H16F2N4O5/c22-12-4-7-14(8-5-12)26-17-3-1-2-15(17)20(25-26)21(29)32-11-19(28)24-13-6-9-16(23)18(10-13)27(30)31/h4-10H,1-3,11H2,(H,24,28). The Morgan fingerprint density at radius 3 is 2.62 bits per heavy atom. The fraction of sp³-hybridized carbons (Fsp3) is 0.190. The van der Waals surface area contributed by atoms with Gasteiger partial charge in [-0.25, -0.2) is 13.9 Å². The number of amides is 1. The maximum absolute atomic E-state index is 13.4. The zero-order valence-electron chi connectivity index (χ0n) is 16.5. The lowest BCUT2D eigenvalue weighted by Gasteiger charge is -2.07. The molecule has 0 aliphatic heterocycles. The number of rotatable bonds is 6. The van der Waals surface area contributed by atoms with E-state index in [-0.39, 0.29) is 11.4 Å². The molecule has 9 nitrogen and oxygen atoms in total. The number of hydrogen-bond acceptors (Lipinski definition) is 6. The van der Waals surface area contributed by atoms with Crippen molar-refractivity contribution in [2.45, 2.75) is 19.3 Å². The van der Waals surface area contributed by atoms with Crippen LogP contribution in [0.4, 0.5) is 20.2 Å². The van der Waals surface area contributed by atoms with Crippen LogP contribution in [-0.2, 0) is 22.4 Å². The molecule has 0 radical (unpaired) electrons. The second-order valence-electron chi connectivity index (χ2n) is 7.06. The Morgan fingerprint density at radius 2 is 1.91 bits per heavy atom. The number of ether oxygens (including phenoxy) is 1. The number of esters is 1. The number of aromatic nitrogens is 2. The second kappa shape index (κ2) is 8.53. The highest BCUT2D eigenvalue weighted by Gasteiger charge is 2.28. The molecule has 2 aromatic carbocycles. The van der Waals surface area contributed by atoms with E-state index in [4.69, 9.17) is 4.74 Å². The van der Waals surface area contributed by atoms with Gasteiger partial charge >= 0.3 is 11.7 Å². The van der Waals surface area contributed by atoms with Gasteiger partial charge in [0.2, 0.25) is 5.82 Å². The monoisotopic (exact) mass is 442 g/mol. The number of nitrogens with zero attached hydrogens (tertiary/aromatic N) is 3. The maximum atomic E-state index is 13.4. The molecular weight excluding hydrogens is 426 g/mol. The summed E-state index contributed by atoms with van der Waals surface area (Å²) in [7, 11) is 0. The summed E-state index contributed by atoms with van der Waals surface area (Å²) in [6.45, 7) is -0.664. The summed E-state index contributed by atoms with van der Waals surface area (Å²) in [5.74, 6) is -2.99. The highest BCUT2D eigenvalue weighted by Crippen LogP contribution is 2.28. The average Bonchev–Trinajstić information content (AvgIpc) is 3.37. The predicted molar refractivity (Wildman–Crippen MR) is 108 cm³/mol. The molecule has 1 aliphatic rings. The zero-order chi connectivity index (χ0) is 22.8. The molecule has 0 atom stereocenters. The molecule has 1 heterocycles. The summed E-state index contributed by atoms with van der Waals surface area (Å²) < 4.78 is 33.3. The minimum Gasteiger partial charge on any atom is -0.451 e. The smallest absolute Gasteiger partial charge is 0.359 e. The number of carbonyl (C=O) groups excluding carboxylic acids is 2. The van der Waals surface area contributed by atoms with Crippen LogP contribution in [0.25, 0.3) is 5.69 Å². The number of fused-ring (bicyclic) bond motifs is 1. The van der Waals surface area contributed by atoms with E-state index in [0.29, 0.717) is 24.1 Å². The zero-order valence-corrected chi connectivity index (χ0v) is 16.5. The predicted octanol–water partition coefficient (Wildman–Crippen LogP) is 3.34. The van der Waals surface area contributed by atoms with Gasteiger partial charge in [-0.3, -0.25) is 14.9 Å². The third-order valence-corrected chi connectivity index (χ3v) is 4.96. The lowest BCUT2D eigenvalue weighted by Crippen LogP contribution is -2.21. The molecule has 0 saturated carbocycles. The van der Waals surface area contributed by atoms with Crippen LogP contribution in [0.3, 0.4) is 0 Å². The highest BCUT2D eigenvalue weighted by atomic mass is 19.1. The highest BCUT2D eigenvalue weighted by molar-refractivity contribution is 5.95. The summed E-state index contributed by atoms with van der Waals surface area (Å²) >= 11 is 0. The SMILES string of the molecule is O=C(COC(=O)c1nn(-c2ccc(F)cc2)c2c1CCC2)Nc1ccc(F)c([N+](=O)[O-])c1. The molecule has 11 heteroatoms. The molecule has 1 N–H and O–H groups in total. The number of nitrogens with one attached hydrogen (secondary N) is 1. The Labute approximate surface area is 179 Å². The molecule has 164 valence electrons. The Balaban J connectivity index is 1.45. The Morgan fingerprint density at radius 1 is 1.16 bits per heavy atom. The van der Waals surface area contributed by atoms with Crippen LogP contribution < -0.4 is 5.32 Å². The second-order valence-corrected chi connectivity index (χ2v) is 7.06. The van der Waals surface area contributed by atoms with E-state index in [1.165, 1.54) is 12.1 Å². The van der Waals surface area contributed by atoms with Gasteiger partial charge in [0.1, 0.15) is 5.82 Å². The van der Waals surface area contributed by atoms with Crippen molar-refractivity contribution >= 4 is 23.3 Å². The van der Waals surface area contributed by atoms with Crippen molar-refractivity contribution < 1.29 is 28.0 Å². The van der Waals surface area contributed by atoms with Crippen molar-refractivity contribution in [2.75, 3.05) is 11.9 Å². The van der Waals surface area contributed by atoms with Gasteiger partial charge in [0.15, 0.2) is 12.3 Å². The number of benzene rings is 2. The van der Waals surface area contributed by atoms with Crippen molar-refractivity contribution in [2.24, 2.45) is 0 Å². The van der Waals surface area contributed by atoms with Crippen LogP contribution in [0.1, 0.15) is 28.2 Å². The van der Waals surface area contributed by atoms with E-state index in [1.54, 1.807) is 16.8 Å². The first kappa shape index (κ1) is 21.1. The number of hydrogen-bond donors (Lipinski definition) is 1. The number of carbonyl (C=O) groups is 2. The molecule has 3 aromatic rings. The van der Waals surface area contributed by atoms with Crippen LogP contribution in [0, 0.1) is 21.7 Å². The number of nitro groups is 1. The molecule has 1 aliphatic carbocycles. The van der Waals surface area contributed by atoms with Gasteiger partial charge in [0.25, 0.3) is 5.91 Å². The number of nitro benzene ring substituents is 1. The Bertz CT molecular complexity index is 1220. The first-order chi connectivity index (χ1) is 15.3. The molecular formula is C21H16F2N4O5. The van der Waals surface area contributed by atoms with E-state index < -0.39 is 40.7 Å². The third kappa shape index (κ3) is 4.17. The van der Waals surface area contributed by atoms with Crippen molar-refractivity contribution in [1.82, 2.24) is 9.78 Å². The first-order valence-electron chi connectivity index (χ1n) is 9.61. The maximum Gasteiger partial charge on any atom is 0.359 e. The van der Waals surface area contributed by atoms with Gasteiger partial charge in [-0.2, -0.15) is 9.49 Å². The number of halogens is 2. The van der Waals surface area contributed by atoms with Crippen LogP contribution in [-0.4, -0.2) is 33.2 Å². The summed E-state index contributed by atoms with van der Waals surface area (Å²) in [5, 5.41) is 17.4. The molecule has 1 amide bonds. The Hall–Kier alpha value is -4.15. The lowest BCUT2D eigenvalue weighted by molar-refractivity contribution is -0.387.